The summed E-state index contributed by atoms with van der Waals surface area (Å²) in [4.78, 5) is 62.5. The summed E-state index contributed by atoms with van der Waals surface area (Å²) in [5, 5.41) is 6.13. The number of benzene rings is 1. The molecule has 6 atom stereocenters. The molecular weight excluding hydrogens is 584 g/mol. The van der Waals surface area contributed by atoms with Gasteiger partial charge < -0.3 is 29.6 Å². The Morgan fingerprint density at radius 1 is 1.00 bits per heavy atom. The summed E-state index contributed by atoms with van der Waals surface area (Å²) >= 11 is 0. The summed E-state index contributed by atoms with van der Waals surface area (Å²) in [6, 6.07) is 8.67. The van der Waals surface area contributed by atoms with Crippen LogP contribution in [0.1, 0.15) is 63.5 Å². The molecule has 3 heterocycles. The van der Waals surface area contributed by atoms with Crippen LogP contribution >= 0.6 is 0 Å². The normalized spacial score (nSPS) is 20.7. The zero-order chi connectivity index (χ0) is 32.5. The van der Waals surface area contributed by atoms with Crippen LogP contribution in [0.5, 0.6) is 0 Å². The number of amides is 1. The Morgan fingerprint density at radius 3 is 2.38 bits per heavy atom. The minimum Gasteiger partial charge on any atom is -0.469 e. The number of hydrogen-bond acceptors (Lipinski definition) is 12. The highest BCUT2D eigenvalue weighted by molar-refractivity contribution is 6.06. The minimum absolute atomic E-state index is 0.0264. The number of rotatable bonds is 14. The van der Waals surface area contributed by atoms with Crippen LogP contribution in [0.2, 0.25) is 0 Å². The van der Waals surface area contributed by atoms with Crippen molar-refractivity contribution in [3.63, 3.8) is 0 Å². The molecule has 1 amide bonds. The van der Waals surface area contributed by atoms with Crippen molar-refractivity contribution in [3.8, 4) is 0 Å². The second kappa shape index (κ2) is 15.5. The van der Waals surface area contributed by atoms with Gasteiger partial charge in [-0.05, 0) is 50.4 Å². The van der Waals surface area contributed by atoms with E-state index in [-0.39, 0.29) is 29.5 Å². The Labute approximate surface area is 261 Å². The van der Waals surface area contributed by atoms with Gasteiger partial charge in [-0.25, -0.2) is 15.0 Å². The summed E-state index contributed by atoms with van der Waals surface area (Å²) in [5.41, 5.74) is 1.05. The van der Waals surface area contributed by atoms with Gasteiger partial charge in [-0.2, -0.15) is 0 Å². The third-order valence-electron chi connectivity index (χ3n) is 7.65. The Balaban J connectivity index is 1.64. The molecular formula is C31H40N6O8. The van der Waals surface area contributed by atoms with Crippen molar-refractivity contribution < 1.29 is 38.1 Å². The van der Waals surface area contributed by atoms with Crippen LogP contribution < -0.4 is 10.6 Å². The standard InChI is InChI=1S/C31H40N6O8/c1-6-32-15-21(13-12-18(2)31(41)42-5)14-23-25(43-19(3)38)26(44-20(4)39)30(45-23)37-17-35-24-27(33-16-34-28(24)37)36-29(40)22-10-8-7-9-11-22/h7-11,16-18,21,23,25-26,30,32H,6,12-15H2,1-5H3,(H,33,34,36,40)/t18-,21-,23+,25-,26?,30+/m0/s1. The van der Waals surface area contributed by atoms with Crippen molar-refractivity contribution in [2.75, 3.05) is 25.5 Å². The van der Waals surface area contributed by atoms with Gasteiger partial charge in [0.1, 0.15) is 12.4 Å². The molecule has 0 saturated carbocycles. The minimum atomic E-state index is -1.03. The maximum Gasteiger partial charge on any atom is 0.308 e. The molecule has 0 bridgehead atoms. The summed E-state index contributed by atoms with van der Waals surface area (Å²) in [7, 11) is 1.37. The molecule has 4 rings (SSSR count). The van der Waals surface area contributed by atoms with E-state index in [0.29, 0.717) is 42.5 Å². The second-order valence-electron chi connectivity index (χ2n) is 11.0. The van der Waals surface area contributed by atoms with Crippen molar-refractivity contribution in [2.45, 2.75) is 71.5 Å². The lowest BCUT2D eigenvalue weighted by Crippen LogP contribution is -2.40. The largest absolute Gasteiger partial charge is 0.469 e. The smallest absolute Gasteiger partial charge is 0.308 e. The van der Waals surface area contributed by atoms with Gasteiger partial charge in [0.15, 0.2) is 35.4 Å². The molecule has 1 aliphatic rings. The van der Waals surface area contributed by atoms with Crippen molar-refractivity contribution in [1.29, 1.82) is 0 Å². The molecule has 1 aromatic carbocycles. The van der Waals surface area contributed by atoms with Crippen LogP contribution in [0, 0.1) is 11.8 Å². The summed E-state index contributed by atoms with van der Waals surface area (Å²) in [6.45, 7) is 7.74. The van der Waals surface area contributed by atoms with Crippen molar-refractivity contribution >= 4 is 40.8 Å². The van der Waals surface area contributed by atoms with Crippen LogP contribution in [0.15, 0.2) is 43.0 Å². The van der Waals surface area contributed by atoms with Gasteiger partial charge in [0, 0.05) is 19.4 Å². The lowest BCUT2D eigenvalue weighted by Gasteiger charge is -2.26. The van der Waals surface area contributed by atoms with Crippen molar-refractivity contribution in [1.82, 2.24) is 24.8 Å². The monoisotopic (exact) mass is 624 g/mol. The topological polar surface area (TPSA) is 173 Å². The van der Waals surface area contributed by atoms with Crippen LogP contribution in [-0.4, -0.2) is 81.8 Å². The number of nitrogens with zero attached hydrogens (tertiary/aromatic N) is 4. The quantitative estimate of drug-likeness (QED) is 0.199. The van der Waals surface area contributed by atoms with E-state index in [4.69, 9.17) is 18.9 Å². The zero-order valence-electron chi connectivity index (χ0n) is 26.1. The number of anilines is 1. The van der Waals surface area contributed by atoms with Gasteiger partial charge in [0.25, 0.3) is 5.91 Å². The number of aromatic nitrogens is 4. The molecule has 1 aliphatic heterocycles. The van der Waals surface area contributed by atoms with Gasteiger partial charge in [-0.15, -0.1) is 0 Å². The van der Waals surface area contributed by atoms with Gasteiger partial charge in [-0.1, -0.05) is 32.0 Å². The van der Waals surface area contributed by atoms with Crippen LogP contribution in [-0.2, 0) is 33.3 Å². The molecule has 0 spiro atoms. The molecule has 3 aromatic rings. The van der Waals surface area contributed by atoms with E-state index >= 15 is 0 Å². The van der Waals surface area contributed by atoms with E-state index in [9.17, 15) is 19.2 Å². The number of nitrogens with one attached hydrogen (secondary N) is 2. The number of fused-ring (bicyclic) bond motifs is 1. The van der Waals surface area contributed by atoms with E-state index in [0.717, 1.165) is 6.54 Å². The number of carbonyl (C=O) groups excluding carboxylic acids is 4. The number of esters is 3. The first-order valence-corrected chi connectivity index (χ1v) is 14.9. The number of hydrogen-bond donors (Lipinski definition) is 2. The molecule has 1 fully saturated rings. The molecule has 1 saturated heterocycles. The first-order chi connectivity index (χ1) is 21.6. The van der Waals surface area contributed by atoms with Gasteiger partial charge in [-0.3, -0.25) is 23.7 Å². The molecule has 14 nitrogen and oxygen atoms in total. The first kappa shape index (κ1) is 33.5. The predicted octanol–water partition coefficient (Wildman–Crippen LogP) is 3.04. The number of carbonyl (C=O) groups is 4. The average molecular weight is 625 g/mol. The molecule has 0 aliphatic carbocycles. The third-order valence-corrected chi connectivity index (χ3v) is 7.65. The van der Waals surface area contributed by atoms with E-state index in [1.165, 1.54) is 33.6 Å². The first-order valence-electron chi connectivity index (χ1n) is 14.9. The Morgan fingerprint density at radius 2 is 1.71 bits per heavy atom. The lowest BCUT2D eigenvalue weighted by atomic mass is 9.90. The van der Waals surface area contributed by atoms with Crippen molar-refractivity contribution in [2.24, 2.45) is 11.8 Å². The van der Waals surface area contributed by atoms with E-state index < -0.39 is 36.5 Å². The predicted molar refractivity (Wildman–Crippen MR) is 162 cm³/mol. The van der Waals surface area contributed by atoms with E-state index in [1.807, 2.05) is 19.9 Å². The molecule has 45 heavy (non-hydrogen) atoms. The molecule has 242 valence electrons. The van der Waals surface area contributed by atoms with Crippen LogP contribution in [0.4, 0.5) is 5.82 Å². The van der Waals surface area contributed by atoms with Gasteiger partial charge >= 0.3 is 17.9 Å². The van der Waals surface area contributed by atoms with E-state index in [2.05, 4.69) is 25.6 Å². The summed E-state index contributed by atoms with van der Waals surface area (Å²) in [6.07, 6.45) is 0.844. The SMILES string of the molecule is CCNC[C@@H](CC[C@H](C)C(=O)OC)C[C@H]1O[C@@H](n2cnc3c(NC(=O)c4ccccc4)ncnc32)C(OC(C)=O)[C@H]1OC(C)=O. The fraction of sp³-hybridized carbons (Fsp3) is 0.516. The fourth-order valence-corrected chi connectivity index (χ4v) is 5.46. The lowest BCUT2D eigenvalue weighted by molar-refractivity contribution is -0.165. The Bertz CT molecular complexity index is 1480. The van der Waals surface area contributed by atoms with Crippen molar-refractivity contribution in [3.05, 3.63) is 48.5 Å². The average Bonchev–Trinajstić information content (AvgIpc) is 3.59. The highest BCUT2D eigenvalue weighted by Gasteiger charge is 2.51. The Hall–Kier alpha value is -4.43. The molecule has 2 aromatic heterocycles. The maximum atomic E-state index is 12.8. The molecule has 0 radical (unpaired) electrons. The second-order valence-corrected chi connectivity index (χ2v) is 11.0. The fourth-order valence-electron chi connectivity index (χ4n) is 5.46. The number of methoxy groups -OCH3 is 1. The summed E-state index contributed by atoms with van der Waals surface area (Å²) in [5.74, 6) is -1.87. The zero-order valence-corrected chi connectivity index (χ0v) is 26.1. The van der Waals surface area contributed by atoms with E-state index in [1.54, 1.807) is 28.8 Å². The summed E-state index contributed by atoms with van der Waals surface area (Å²) < 4.78 is 24.4. The molecule has 2 N–H and O–H groups in total. The van der Waals surface area contributed by atoms with Crippen LogP contribution in [0.3, 0.4) is 0 Å². The molecule has 14 heteroatoms. The maximum absolute atomic E-state index is 12.8. The highest BCUT2D eigenvalue weighted by Crippen LogP contribution is 2.39. The van der Waals surface area contributed by atoms with Crippen LogP contribution in [0.25, 0.3) is 11.2 Å². The number of imidazole rings is 1. The van der Waals surface area contributed by atoms with Gasteiger partial charge in [0.05, 0.1) is 19.4 Å². The molecule has 1 unspecified atom stereocenters. The number of ether oxygens (including phenoxy) is 4. The third kappa shape index (κ3) is 8.39. The highest BCUT2D eigenvalue weighted by atomic mass is 16.6. The van der Waals surface area contributed by atoms with Gasteiger partial charge in [0.2, 0.25) is 0 Å². The Kier molecular flexibility index (Phi) is 11.5.